The molecule has 1 aromatic heterocycles. The number of rotatable bonds is 5. The minimum atomic E-state index is -4.31. The molecule has 0 aliphatic carbocycles. The SMILES string of the molecule is Cc1ccc(CN(C)C(=O)CNCC(F)(F)F)o1. The highest BCUT2D eigenvalue weighted by Gasteiger charge is 2.26. The Morgan fingerprint density at radius 2 is 2.11 bits per heavy atom. The van der Waals surface area contributed by atoms with Crippen molar-refractivity contribution in [2.75, 3.05) is 20.1 Å². The molecule has 1 N–H and O–H groups in total. The van der Waals surface area contributed by atoms with Gasteiger partial charge in [0.1, 0.15) is 11.5 Å². The lowest BCUT2D eigenvalue weighted by atomic mass is 10.4. The highest BCUT2D eigenvalue weighted by atomic mass is 19.4. The Morgan fingerprint density at radius 3 is 2.61 bits per heavy atom. The van der Waals surface area contributed by atoms with Gasteiger partial charge >= 0.3 is 6.18 Å². The number of carbonyl (C=O) groups is 1. The first-order valence-corrected chi connectivity index (χ1v) is 5.34. The van der Waals surface area contributed by atoms with Crippen LogP contribution in [0.25, 0.3) is 0 Å². The van der Waals surface area contributed by atoms with Crippen LogP contribution in [0.15, 0.2) is 16.5 Å². The summed E-state index contributed by atoms with van der Waals surface area (Å²) in [5.41, 5.74) is 0. The molecular weight excluding hydrogens is 249 g/mol. The first-order valence-electron chi connectivity index (χ1n) is 5.34. The minimum Gasteiger partial charge on any atom is -0.464 e. The zero-order valence-corrected chi connectivity index (χ0v) is 10.2. The molecule has 0 aromatic carbocycles. The van der Waals surface area contributed by atoms with Gasteiger partial charge in [-0.05, 0) is 19.1 Å². The maximum Gasteiger partial charge on any atom is 0.401 e. The van der Waals surface area contributed by atoms with Crippen molar-refractivity contribution < 1.29 is 22.4 Å². The third-order valence-corrected chi connectivity index (χ3v) is 2.22. The Bertz CT molecular complexity index is 401. The fourth-order valence-corrected chi connectivity index (χ4v) is 1.34. The molecule has 18 heavy (non-hydrogen) atoms. The number of hydrogen-bond donors (Lipinski definition) is 1. The van der Waals surface area contributed by atoms with E-state index in [1.165, 1.54) is 11.9 Å². The van der Waals surface area contributed by atoms with Gasteiger partial charge in [0.05, 0.1) is 19.6 Å². The van der Waals surface area contributed by atoms with Crippen LogP contribution in [0, 0.1) is 6.92 Å². The third-order valence-electron chi connectivity index (χ3n) is 2.22. The van der Waals surface area contributed by atoms with Crippen molar-refractivity contribution >= 4 is 5.91 Å². The molecule has 0 atom stereocenters. The van der Waals surface area contributed by atoms with Crippen LogP contribution < -0.4 is 5.32 Å². The molecular formula is C11H15F3N2O2. The van der Waals surface area contributed by atoms with Crippen LogP contribution in [0.4, 0.5) is 13.2 Å². The maximum atomic E-state index is 11.9. The topological polar surface area (TPSA) is 45.5 Å². The summed E-state index contributed by atoms with van der Waals surface area (Å²) in [6.45, 7) is 0.485. The third kappa shape index (κ3) is 5.22. The predicted octanol–water partition coefficient (Wildman–Crippen LogP) is 1.70. The number of nitrogens with zero attached hydrogens (tertiary/aromatic N) is 1. The van der Waals surface area contributed by atoms with Gasteiger partial charge in [-0.1, -0.05) is 0 Å². The molecule has 0 saturated heterocycles. The Labute approximate surface area is 103 Å². The van der Waals surface area contributed by atoms with Crippen molar-refractivity contribution in [3.8, 4) is 0 Å². The van der Waals surface area contributed by atoms with Gasteiger partial charge in [0.2, 0.25) is 5.91 Å². The van der Waals surface area contributed by atoms with Crippen LogP contribution in [0.2, 0.25) is 0 Å². The number of nitrogens with one attached hydrogen (secondary N) is 1. The molecule has 0 radical (unpaired) electrons. The van der Waals surface area contributed by atoms with E-state index in [0.717, 1.165) is 5.76 Å². The van der Waals surface area contributed by atoms with Gasteiger partial charge in [-0.3, -0.25) is 4.79 Å². The lowest BCUT2D eigenvalue weighted by molar-refractivity contribution is -0.133. The summed E-state index contributed by atoms with van der Waals surface area (Å²) in [6, 6.07) is 3.48. The van der Waals surface area contributed by atoms with E-state index >= 15 is 0 Å². The normalized spacial score (nSPS) is 11.6. The van der Waals surface area contributed by atoms with Gasteiger partial charge in [-0.25, -0.2) is 0 Å². The summed E-state index contributed by atoms with van der Waals surface area (Å²) < 4.78 is 40.8. The second-order valence-electron chi connectivity index (χ2n) is 3.98. The van der Waals surface area contributed by atoms with Gasteiger partial charge in [0, 0.05) is 7.05 Å². The number of halogens is 3. The van der Waals surface area contributed by atoms with Crippen LogP contribution >= 0.6 is 0 Å². The number of aryl methyl sites for hydroxylation is 1. The van der Waals surface area contributed by atoms with Gasteiger partial charge in [0.25, 0.3) is 0 Å². The largest absolute Gasteiger partial charge is 0.464 e. The number of hydrogen-bond acceptors (Lipinski definition) is 3. The first-order chi connectivity index (χ1) is 8.28. The van der Waals surface area contributed by atoms with Crippen LogP contribution in [-0.2, 0) is 11.3 Å². The van der Waals surface area contributed by atoms with E-state index in [9.17, 15) is 18.0 Å². The van der Waals surface area contributed by atoms with Gasteiger partial charge in [0.15, 0.2) is 0 Å². The predicted molar refractivity (Wildman–Crippen MR) is 58.8 cm³/mol. The number of furan rings is 1. The fourth-order valence-electron chi connectivity index (χ4n) is 1.34. The number of carbonyl (C=O) groups excluding carboxylic acids is 1. The second-order valence-corrected chi connectivity index (χ2v) is 3.98. The molecule has 0 saturated carbocycles. The summed E-state index contributed by atoms with van der Waals surface area (Å²) >= 11 is 0. The van der Waals surface area contributed by atoms with E-state index in [1.54, 1.807) is 19.1 Å². The molecule has 0 spiro atoms. The summed E-state index contributed by atoms with van der Waals surface area (Å²) in [5, 5.41) is 2.05. The molecule has 0 bridgehead atoms. The Balaban J connectivity index is 2.33. The summed E-state index contributed by atoms with van der Waals surface area (Å²) in [4.78, 5) is 12.8. The Morgan fingerprint density at radius 1 is 1.44 bits per heavy atom. The molecule has 102 valence electrons. The average molecular weight is 264 g/mol. The van der Waals surface area contributed by atoms with Crippen LogP contribution in [-0.4, -0.2) is 37.1 Å². The van der Waals surface area contributed by atoms with E-state index in [4.69, 9.17) is 4.42 Å². The van der Waals surface area contributed by atoms with E-state index in [2.05, 4.69) is 5.32 Å². The van der Waals surface area contributed by atoms with Crippen LogP contribution in [0.1, 0.15) is 11.5 Å². The van der Waals surface area contributed by atoms with Gasteiger partial charge < -0.3 is 14.6 Å². The molecule has 0 unspecified atom stereocenters. The highest BCUT2D eigenvalue weighted by molar-refractivity contribution is 5.77. The molecule has 1 aromatic rings. The number of likely N-dealkylation sites (N-methyl/N-ethyl adjacent to an activating group) is 1. The quantitative estimate of drug-likeness (QED) is 0.880. The summed E-state index contributed by atoms with van der Waals surface area (Å²) in [5.74, 6) is 0.897. The molecule has 4 nitrogen and oxygen atoms in total. The van der Waals surface area contributed by atoms with Crippen molar-refractivity contribution in [2.45, 2.75) is 19.6 Å². The number of amides is 1. The minimum absolute atomic E-state index is 0.236. The van der Waals surface area contributed by atoms with Crippen LogP contribution in [0.5, 0.6) is 0 Å². The zero-order valence-electron chi connectivity index (χ0n) is 10.2. The van der Waals surface area contributed by atoms with E-state index in [1.807, 2.05) is 0 Å². The summed E-state index contributed by atoms with van der Waals surface area (Å²) in [7, 11) is 1.51. The standard InChI is InChI=1S/C11H15F3N2O2/c1-8-3-4-9(18-8)6-16(2)10(17)5-15-7-11(12,13)14/h3-4,15H,5-7H2,1-2H3. The second kappa shape index (κ2) is 5.90. The van der Waals surface area contributed by atoms with Crippen LogP contribution in [0.3, 0.4) is 0 Å². The lowest BCUT2D eigenvalue weighted by Gasteiger charge is -2.16. The summed E-state index contributed by atoms with van der Waals surface area (Å²) in [6.07, 6.45) is -4.31. The zero-order chi connectivity index (χ0) is 13.8. The van der Waals surface area contributed by atoms with E-state index in [-0.39, 0.29) is 13.1 Å². The highest BCUT2D eigenvalue weighted by Crippen LogP contribution is 2.12. The lowest BCUT2D eigenvalue weighted by Crippen LogP contribution is -2.38. The molecule has 1 amide bonds. The Hall–Kier alpha value is -1.50. The molecule has 0 aliphatic heterocycles. The van der Waals surface area contributed by atoms with Crippen molar-refractivity contribution in [3.05, 3.63) is 23.7 Å². The van der Waals surface area contributed by atoms with Crippen molar-refractivity contribution in [3.63, 3.8) is 0 Å². The average Bonchev–Trinajstić information content (AvgIpc) is 2.61. The smallest absolute Gasteiger partial charge is 0.401 e. The van der Waals surface area contributed by atoms with Gasteiger partial charge in [-0.2, -0.15) is 13.2 Å². The maximum absolute atomic E-state index is 11.9. The fraction of sp³-hybridized carbons (Fsp3) is 0.545. The molecule has 1 heterocycles. The molecule has 1 rings (SSSR count). The number of alkyl halides is 3. The van der Waals surface area contributed by atoms with Crippen molar-refractivity contribution in [1.29, 1.82) is 0 Å². The monoisotopic (exact) mass is 264 g/mol. The van der Waals surface area contributed by atoms with Gasteiger partial charge in [-0.15, -0.1) is 0 Å². The molecule has 0 fully saturated rings. The van der Waals surface area contributed by atoms with E-state index < -0.39 is 18.6 Å². The van der Waals surface area contributed by atoms with Crippen molar-refractivity contribution in [1.82, 2.24) is 10.2 Å². The molecule has 7 heteroatoms. The van der Waals surface area contributed by atoms with E-state index in [0.29, 0.717) is 5.76 Å². The first kappa shape index (κ1) is 14.6. The Kier molecular flexibility index (Phi) is 4.77. The molecule has 0 aliphatic rings. The van der Waals surface area contributed by atoms with Crippen molar-refractivity contribution in [2.24, 2.45) is 0 Å².